The van der Waals surface area contributed by atoms with Crippen LogP contribution in [0.1, 0.15) is 20.7 Å². The predicted molar refractivity (Wildman–Crippen MR) is 78.1 cm³/mol. The molecule has 0 unspecified atom stereocenters. The van der Waals surface area contributed by atoms with E-state index in [1.165, 1.54) is 18.2 Å². The van der Waals surface area contributed by atoms with Crippen LogP contribution < -0.4 is 0 Å². The summed E-state index contributed by atoms with van der Waals surface area (Å²) < 4.78 is 37.4. The molecule has 0 heterocycles. The minimum Gasteiger partial charge on any atom is -0.276 e. The Bertz CT molecular complexity index is 720. The van der Waals surface area contributed by atoms with E-state index in [0.717, 1.165) is 18.2 Å². The van der Waals surface area contributed by atoms with Gasteiger partial charge in [-0.05, 0) is 53.5 Å². The van der Waals surface area contributed by atoms with E-state index in [9.17, 15) is 22.8 Å². The van der Waals surface area contributed by atoms with Gasteiger partial charge in [0.1, 0.15) is 0 Å². The van der Waals surface area contributed by atoms with Gasteiger partial charge in [0.2, 0.25) is 0 Å². The number of carbonyl (C=O) groups is 2. The van der Waals surface area contributed by atoms with E-state index in [0.29, 0.717) is 0 Å². The van der Waals surface area contributed by atoms with E-state index in [-0.39, 0.29) is 16.1 Å². The van der Waals surface area contributed by atoms with Crippen LogP contribution >= 0.6 is 34.8 Å². The molecule has 0 fully saturated rings. The molecule has 22 heavy (non-hydrogen) atoms. The third kappa shape index (κ3) is 5.02. The van der Waals surface area contributed by atoms with E-state index in [4.69, 9.17) is 34.8 Å². The van der Waals surface area contributed by atoms with Crippen LogP contribution in [0.15, 0.2) is 36.4 Å². The molecule has 0 radical (unpaired) electrons. The summed E-state index contributed by atoms with van der Waals surface area (Å²) in [4.78, 5) is 20.9. The topological polar surface area (TPSA) is 34.1 Å². The van der Waals surface area contributed by atoms with Crippen LogP contribution in [0.25, 0.3) is 0 Å². The first kappa shape index (κ1) is 18.5. The Morgan fingerprint density at radius 3 is 1.95 bits per heavy atom. The highest BCUT2D eigenvalue weighted by Crippen LogP contribution is 2.18. The van der Waals surface area contributed by atoms with Gasteiger partial charge in [-0.15, -0.1) is 0 Å². The zero-order chi connectivity index (χ0) is 16.9. The van der Waals surface area contributed by atoms with Crippen molar-refractivity contribution in [3.63, 3.8) is 0 Å². The molecule has 2 aromatic carbocycles. The summed E-state index contributed by atoms with van der Waals surface area (Å²) in [6.07, 6.45) is 0. The van der Waals surface area contributed by atoms with Crippen molar-refractivity contribution in [2.24, 2.45) is 0 Å². The molecule has 0 aromatic heterocycles. The van der Waals surface area contributed by atoms with Gasteiger partial charge in [0.25, 0.3) is 10.5 Å². The van der Waals surface area contributed by atoms with Crippen LogP contribution in [0, 0.1) is 17.5 Å². The quantitative estimate of drug-likeness (QED) is 0.682. The Labute approximate surface area is 138 Å². The molecule has 0 aliphatic rings. The second-order valence-corrected chi connectivity index (χ2v) is 4.87. The molecule has 116 valence electrons. The number of halogens is 6. The number of rotatable bonds is 2. The van der Waals surface area contributed by atoms with E-state index < -0.39 is 27.9 Å². The summed E-state index contributed by atoms with van der Waals surface area (Å²) in [5, 5.41) is -1.74. The highest BCUT2D eigenvalue weighted by Gasteiger charge is 2.10. The van der Waals surface area contributed by atoms with Gasteiger partial charge in [0.05, 0.1) is 10.6 Å². The van der Waals surface area contributed by atoms with E-state index in [1.54, 1.807) is 0 Å². The van der Waals surface area contributed by atoms with Crippen molar-refractivity contribution < 1.29 is 22.8 Å². The highest BCUT2D eigenvalue weighted by molar-refractivity contribution is 6.68. The number of hydrogen-bond donors (Lipinski definition) is 0. The summed E-state index contributed by atoms with van der Waals surface area (Å²) in [5.74, 6) is -2.84. The maximum absolute atomic E-state index is 12.8. The van der Waals surface area contributed by atoms with Gasteiger partial charge < -0.3 is 0 Å². The average Bonchev–Trinajstić information content (AvgIpc) is 2.45. The van der Waals surface area contributed by atoms with E-state index in [1.807, 2.05) is 0 Å². The Balaban J connectivity index is 0.000000220. The smallest absolute Gasteiger partial charge is 0.255 e. The standard InChI is InChI=1S/C7H3Cl2FO.C7H3ClF2O/c8-5-3-1-2-4(6(5)10)7(9)11;8-7(11)4-1-2-5(9)6(10)3-4/h2*1-3H. The lowest BCUT2D eigenvalue weighted by molar-refractivity contribution is 0.107. The molecule has 0 saturated carbocycles. The zero-order valence-corrected chi connectivity index (χ0v) is 12.8. The van der Waals surface area contributed by atoms with Crippen LogP contribution in [-0.2, 0) is 0 Å². The minimum absolute atomic E-state index is 0.0504. The van der Waals surface area contributed by atoms with Gasteiger partial charge >= 0.3 is 0 Å². The molecule has 0 amide bonds. The maximum atomic E-state index is 12.8. The van der Waals surface area contributed by atoms with Crippen LogP contribution in [0.2, 0.25) is 5.02 Å². The van der Waals surface area contributed by atoms with Crippen molar-refractivity contribution in [3.05, 3.63) is 70.0 Å². The molecule has 0 spiro atoms. The lowest BCUT2D eigenvalue weighted by atomic mass is 10.2. The first-order valence-corrected chi connectivity index (χ1v) is 6.66. The van der Waals surface area contributed by atoms with Crippen molar-refractivity contribution in [1.29, 1.82) is 0 Å². The van der Waals surface area contributed by atoms with Gasteiger partial charge in [-0.1, -0.05) is 17.7 Å². The SMILES string of the molecule is O=C(Cl)c1ccc(F)c(F)c1.O=C(Cl)c1cccc(Cl)c1F. The fourth-order valence-corrected chi connectivity index (χ4v) is 1.71. The lowest BCUT2D eigenvalue weighted by Gasteiger charge is -1.96. The van der Waals surface area contributed by atoms with Crippen molar-refractivity contribution in [2.75, 3.05) is 0 Å². The fraction of sp³-hybridized carbons (Fsp3) is 0. The molecule has 2 rings (SSSR count). The summed E-state index contributed by atoms with van der Waals surface area (Å²) in [5.41, 5.74) is -0.246. The molecule has 2 aromatic rings. The third-order valence-electron chi connectivity index (χ3n) is 2.31. The molecule has 0 aliphatic carbocycles. The van der Waals surface area contributed by atoms with Crippen LogP contribution in [0.5, 0.6) is 0 Å². The van der Waals surface area contributed by atoms with Crippen molar-refractivity contribution in [2.45, 2.75) is 0 Å². The van der Waals surface area contributed by atoms with Gasteiger partial charge in [-0.2, -0.15) is 0 Å². The Morgan fingerprint density at radius 1 is 0.864 bits per heavy atom. The third-order valence-corrected chi connectivity index (χ3v) is 3.02. The van der Waals surface area contributed by atoms with Crippen molar-refractivity contribution in [1.82, 2.24) is 0 Å². The molecular formula is C14H6Cl3F3O2. The lowest BCUT2D eigenvalue weighted by Crippen LogP contribution is -1.93. The predicted octanol–water partition coefficient (Wildman–Crippen LogP) is 5.20. The van der Waals surface area contributed by atoms with E-state index >= 15 is 0 Å². The molecule has 2 nitrogen and oxygen atoms in total. The number of hydrogen-bond acceptors (Lipinski definition) is 2. The van der Waals surface area contributed by atoms with E-state index in [2.05, 4.69) is 0 Å². The molecule has 0 bridgehead atoms. The second-order valence-electron chi connectivity index (χ2n) is 3.78. The molecule has 0 atom stereocenters. The molecule has 0 aliphatic heterocycles. The van der Waals surface area contributed by atoms with Crippen molar-refractivity contribution in [3.8, 4) is 0 Å². The molecule has 0 saturated heterocycles. The fourth-order valence-electron chi connectivity index (χ4n) is 1.27. The van der Waals surface area contributed by atoms with Crippen molar-refractivity contribution >= 4 is 45.3 Å². The Morgan fingerprint density at radius 2 is 1.50 bits per heavy atom. The monoisotopic (exact) mass is 368 g/mol. The van der Waals surface area contributed by atoms with Crippen LogP contribution in [0.3, 0.4) is 0 Å². The first-order chi connectivity index (χ1) is 10.2. The summed E-state index contributed by atoms with van der Waals surface area (Å²) in [6, 6.07) is 6.81. The van der Waals surface area contributed by atoms with Crippen LogP contribution in [-0.4, -0.2) is 10.5 Å². The van der Waals surface area contributed by atoms with Gasteiger partial charge in [0.15, 0.2) is 17.5 Å². The van der Waals surface area contributed by atoms with Crippen LogP contribution in [0.4, 0.5) is 13.2 Å². The average molecular weight is 370 g/mol. The molecular weight excluding hydrogens is 364 g/mol. The second kappa shape index (κ2) is 8.17. The maximum Gasteiger partial charge on any atom is 0.255 e. The highest BCUT2D eigenvalue weighted by atomic mass is 35.5. The Kier molecular flexibility index (Phi) is 6.87. The minimum atomic E-state index is -1.07. The summed E-state index contributed by atoms with van der Waals surface area (Å²) in [7, 11) is 0. The summed E-state index contributed by atoms with van der Waals surface area (Å²) in [6.45, 7) is 0. The zero-order valence-electron chi connectivity index (χ0n) is 10.5. The number of carbonyl (C=O) groups excluding carboxylic acids is 2. The molecule has 0 N–H and O–H groups in total. The molecule has 8 heteroatoms. The first-order valence-electron chi connectivity index (χ1n) is 5.52. The van der Waals surface area contributed by atoms with Gasteiger partial charge in [-0.25, -0.2) is 13.2 Å². The van der Waals surface area contributed by atoms with Gasteiger partial charge in [-0.3, -0.25) is 9.59 Å². The Hall–Kier alpha value is -1.56. The summed E-state index contributed by atoms with van der Waals surface area (Å²) >= 11 is 15.4. The largest absolute Gasteiger partial charge is 0.276 e. The van der Waals surface area contributed by atoms with Gasteiger partial charge in [0, 0.05) is 5.56 Å². The number of benzene rings is 2. The normalized spacial score (nSPS) is 9.73.